The zero-order valence-electron chi connectivity index (χ0n) is 10.8. The lowest BCUT2D eigenvalue weighted by molar-refractivity contribution is -0.0924. The maximum Gasteiger partial charge on any atom is 0.340 e. The van der Waals surface area contributed by atoms with Gasteiger partial charge in [-0.3, -0.25) is 0 Å². The van der Waals surface area contributed by atoms with E-state index in [0.29, 0.717) is 25.8 Å². The molecule has 104 valence electrons. The third-order valence-corrected chi connectivity index (χ3v) is 3.07. The molecular weight excluding hydrogens is 256 g/mol. The van der Waals surface area contributed by atoms with Gasteiger partial charge >= 0.3 is 5.97 Å². The molecule has 1 fully saturated rings. The third-order valence-electron chi connectivity index (χ3n) is 3.07. The van der Waals surface area contributed by atoms with Gasteiger partial charge in [-0.25, -0.2) is 13.6 Å². The van der Waals surface area contributed by atoms with Crippen molar-refractivity contribution in [1.82, 2.24) is 0 Å². The van der Waals surface area contributed by atoms with Crippen molar-refractivity contribution in [3.05, 3.63) is 29.3 Å². The number of halogens is 2. The van der Waals surface area contributed by atoms with Crippen LogP contribution in [0.1, 0.15) is 17.3 Å². The molecule has 0 aliphatic carbocycles. The molecule has 0 radical (unpaired) electrons. The highest BCUT2D eigenvalue weighted by atomic mass is 19.1. The number of esters is 1. The Morgan fingerprint density at radius 3 is 2.63 bits per heavy atom. The zero-order chi connectivity index (χ0) is 14.0. The van der Waals surface area contributed by atoms with Crippen LogP contribution in [0.2, 0.25) is 0 Å². The van der Waals surface area contributed by atoms with E-state index in [1.165, 1.54) is 0 Å². The van der Waals surface area contributed by atoms with Crippen LogP contribution in [0.5, 0.6) is 0 Å². The summed E-state index contributed by atoms with van der Waals surface area (Å²) in [5, 5.41) is 2.87. The van der Waals surface area contributed by atoms with E-state index in [0.717, 1.165) is 13.2 Å². The molecule has 1 aromatic carbocycles. The van der Waals surface area contributed by atoms with Crippen LogP contribution in [-0.4, -0.2) is 32.8 Å². The van der Waals surface area contributed by atoms with Crippen molar-refractivity contribution in [3.8, 4) is 0 Å². The van der Waals surface area contributed by atoms with Crippen LogP contribution in [0.3, 0.4) is 0 Å². The standard InChI is InChI=1S/C13H15F2NO3/c1-13(6-19-7-13)5-16-11-3-8(12(17)18-2)9(14)4-10(11)15/h3-4,16H,5-7H2,1-2H3. The normalized spacial score (nSPS) is 16.6. The first kappa shape index (κ1) is 13.7. The van der Waals surface area contributed by atoms with Crippen molar-refractivity contribution in [3.63, 3.8) is 0 Å². The molecule has 1 aliphatic heterocycles. The number of rotatable bonds is 4. The molecule has 1 aliphatic rings. The second-order valence-corrected chi connectivity index (χ2v) is 4.96. The van der Waals surface area contributed by atoms with Crippen LogP contribution < -0.4 is 5.32 Å². The van der Waals surface area contributed by atoms with Gasteiger partial charge < -0.3 is 14.8 Å². The summed E-state index contributed by atoms with van der Waals surface area (Å²) in [5.74, 6) is -2.51. The van der Waals surface area contributed by atoms with Crippen molar-refractivity contribution < 1.29 is 23.0 Å². The quantitative estimate of drug-likeness (QED) is 0.853. The number of carbonyl (C=O) groups excluding carboxylic acids is 1. The van der Waals surface area contributed by atoms with Gasteiger partial charge in [-0.1, -0.05) is 6.92 Å². The van der Waals surface area contributed by atoms with E-state index >= 15 is 0 Å². The van der Waals surface area contributed by atoms with Crippen LogP contribution in [0.15, 0.2) is 12.1 Å². The summed E-state index contributed by atoms with van der Waals surface area (Å²) >= 11 is 0. The van der Waals surface area contributed by atoms with Gasteiger partial charge in [-0.2, -0.15) is 0 Å². The van der Waals surface area contributed by atoms with Crippen molar-refractivity contribution in [1.29, 1.82) is 0 Å². The van der Waals surface area contributed by atoms with Gasteiger partial charge in [0.15, 0.2) is 0 Å². The van der Waals surface area contributed by atoms with E-state index in [4.69, 9.17) is 4.74 Å². The fraction of sp³-hybridized carbons (Fsp3) is 0.462. The minimum absolute atomic E-state index is 0.0632. The molecule has 4 nitrogen and oxygen atoms in total. The minimum Gasteiger partial charge on any atom is -0.465 e. The number of benzene rings is 1. The van der Waals surface area contributed by atoms with Gasteiger partial charge in [-0.15, -0.1) is 0 Å². The second kappa shape index (κ2) is 5.13. The van der Waals surface area contributed by atoms with E-state index in [1.54, 1.807) is 0 Å². The number of hydrogen-bond acceptors (Lipinski definition) is 4. The number of anilines is 1. The maximum absolute atomic E-state index is 13.6. The van der Waals surface area contributed by atoms with E-state index < -0.39 is 17.6 Å². The Kier molecular flexibility index (Phi) is 3.71. The number of hydrogen-bond donors (Lipinski definition) is 1. The summed E-state index contributed by atoms with van der Waals surface area (Å²) in [7, 11) is 1.14. The smallest absolute Gasteiger partial charge is 0.340 e. The first-order valence-electron chi connectivity index (χ1n) is 5.84. The Balaban J connectivity index is 2.17. The molecule has 0 unspecified atom stereocenters. The average molecular weight is 271 g/mol. The number of ether oxygens (including phenoxy) is 2. The highest BCUT2D eigenvalue weighted by Crippen LogP contribution is 2.28. The summed E-state index contributed by atoms with van der Waals surface area (Å²) in [6.45, 7) is 3.65. The number of carbonyl (C=O) groups is 1. The summed E-state index contributed by atoms with van der Waals surface area (Å²) in [5.41, 5.74) is -0.275. The summed E-state index contributed by atoms with van der Waals surface area (Å²) in [6.07, 6.45) is 0. The Bertz CT molecular complexity index is 501. The summed E-state index contributed by atoms with van der Waals surface area (Å²) in [4.78, 5) is 11.3. The minimum atomic E-state index is -0.937. The van der Waals surface area contributed by atoms with E-state index in [2.05, 4.69) is 10.1 Å². The topological polar surface area (TPSA) is 47.6 Å². The highest BCUT2D eigenvalue weighted by Gasteiger charge is 2.33. The average Bonchev–Trinajstić information content (AvgIpc) is 2.34. The van der Waals surface area contributed by atoms with Crippen LogP contribution >= 0.6 is 0 Å². The molecular formula is C13H15F2NO3. The predicted octanol–water partition coefficient (Wildman–Crippen LogP) is 2.20. The first-order valence-corrected chi connectivity index (χ1v) is 5.84. The molecule has 2 rings (SSSR count). The predicted molar refractivity (Wildman–Crippen MR) is 65.1 cm³/mol. The van der Waals surface area contributed by atoms with Crippen molar-refractivity contribution >= 4 is 11.7 Å². The van der Waals surface area contributed by atoms with Crippen LogP contribution in [0.4, 0.5) is 14.5 Å². The maximum atomic E-state index is 13.6. The molecule has 0 atom stereocenters. The largest absolute Gasteiger partial charge is 0.465 e. The molecule has 19 heavy (non-hydrogen) atoms. The molecule has 0 saturated carbocycles. The third kappa shape index (κ3) is 2.84. The van der Waals surface area contributed by atoms with Crippen LogP contribution in [0, 0.1) is 17.0 Å². The van der Waals surface area contributed by atoms with Gasteiger partial charge in [0.25, 0.3) is 0 Å². The van der Waals surface area contributed by atoms with Crippen molar-refractivity contribution in [2.24, 2.45) is 5.41 Å². The zero-order valence-corrected chi connectivity index (χ0v) is 10.8. The second-order valence-electron chi connectivity index (χ2n) is 4.96. The summed E-state index contributed by atoms with van der Waals surface area (Å²) in [6, 6.07) is 1.80. The molecule has 6 heteroatoms. The molecule has 0 aromatic heterocycles. The van der Waals surface area contributed by atoms with E-state index in [-0.39, 0.29) is 16.7 Å². The fourth-order valence-electron chi connectivity index (χ4n) is 1.81. The molecule has 0 amide bonds. The lowest BCUT2D eigenvalue weighted by Gasteiger charge is -2.38. The summed E-state index contributed by atoms with van der Waals surface area (Å²) < 4.78 is 36.6. The lowest BCUT2D eigenvalue weighted by atomic mass is 9.88. The Hall–Kier alpha value is -1.69. The van der Waals surface area contributed by atoms with Gasteiger partial charge in [-0.05, 0) is 6.07 Å². The van der Waals surface area contributed by atoms with Gasteiger partial charge in [0, 0.05) is 18.0 Å². The first-order chi connectivity index (χ1) is 8.95. The van der Waals surface area contributed by atoms with Gasteiger partial charge in [0.2, 0.25) is 0 Å². The molecule has 0 spiro atoms. The highest BCUT2D eigenvalue weighted by molar-refractivity contribution is 5.90. The molecule has 1 saturated heterocycles. The van der Waals surface area contributed by atoms with Crippen molar-refractivity contribution in [2.45, 2.75) is 6.92 Å². The number of methoxy groups -OCH3 is 1. The Labute approximate surface area is 109 Å². The molecule has 0 bridgehead atoms. The number of nitrogens with one attached hydrogen (secondary N) is 1. The molecule has 1 heterocycles. The van der Waals surface area contributed by atoms with E-state index in [1.807, 2.05) is 6.92 Å². The monoisotopic (exact) mass is 271 g/mol. The Morgan fingerprint density at radius 2 is 2.11 bits per heavy atom. The van der Waals surface area contributed by atoms with Gasteiger partial charge in [0.1, 0.15) is 11.6 Å². The van der Waals surface area contributed by atoms with Gasteiger partial charge in [0.05, 0.1) is 31.6 Å². The van der Waals surface area contributed by atoms with Crippen molar-refractivity contribution in [2.75, 3.05) is 32.2 Å². The van der Waals surface area contributed by atoms with Crippen LogP contribution in [0.25, 0.3) is 0 Å². The van der Waals surface area contributed by atoms with Crippen LogP contribution in [-0.2, 0) is 9.47 Å². The lowest BCUT2D eigenvalue weighted by Crippen LogP contribution is -2.45. The SMILES string of the molecule is COC(=O)c1cc(NCC2(C)COC2)c(F)cc1F. The Morgan fingerprint density at radius 1 is 1.42 bits per heavy atom. The van der Waals surface area contributed by atoms with E-state index in [9.17, 15) is 13.6 Å². The molecule has 1 N–H and O–H groups in total. The fourth-order valence-corrected chi connectivity index (χ4v) is 1.81. The molecule has 1 aromatic rings.